The molecule has 3 heterocycles. The fourth-order valence-electron chi connectivity index (χ4n) is 3.82. The summed E-state index contributed by atoms with van der Waals surface area (Å²) in [5.74, 6) is 1.13. The molecule has 1 saturated heterocycles. The number of rotatable bonds is 6. The molecule has 2 N–H and O–H groups in total. The van der Waals surface area contributed by atoms with Crippen molar-refractivity contribution < 1.29 is 9.59 Å². The summed E-state index contributed by atoms with van der Waals surface area (Å²) < 4.78 is 1.36. The van der Waals surface area contributed by atoms with E-state index in [9.17, 15) is 14.4 Å². The lowest BCUT2D eigenvalue weighted by atomic mass is 10.1. The number of likely N-dealkylation sites (tertiary alicyclic amines) is 1. The molecule has 10 nitrogen and oxygen atoms in total. The third-order valence-corrected chi connectivity index (χ3v) is 5.13. The Hall–Kier alpha value is -3.04. The van der Waals surface area contributed by atoms with Crippen LogP contribution >= 0.6 is 0 Å². The maximum absolute atomic E-state index is 13.2. The third-order valence-electron chi connectivity index (χ3n) is 5.13. The van der Waals surface area contributed by atoms with Crippen molar-refractivity contribution in [3.8, 4) is 0 Å². The average Bonchev–Trinajstić information content (AvgIpc) is 3.23. The van der Waals surface area contributed by atoms with Crippen LogP contribution in [-0.2, 0) is 16.1 Å². The predicted octanol–water partition coefficient (Wildman–Crippen LogP) is 0.791. The average molecular weight is 415 g/mol. The first-order chi connectivity index (χ1) is 14.1. The number of carbonyl (C=O) groups is 2. The van der Waals surface area contributed by atoms with Crippen molar-refractivity contribution in [3.05, 3.63) is 39.6 Å². The molecule has 2 atom stereocenters. The van der Waals surface area contributed by atoms with Crippen LogP contribution in [0, 0.1) is 26.7 Å². The summed E-state index contributed by atoms with van der Waals surface area (Å²) in [4.78, 5) is 47.6. The topological polar surface area (TPSA) is 126 Å². The first-order valence-electron chi connectivity index (χ1n) is 10.2. The lowest BCUT2D eigenvalue weighted by molar-refractivity contribution is -0.133. The van der Waals surface area contributed by atoms with Crippen molar-refractivity contribution in [2.45, 2.75) is 66.1 Å². The fraction of sp³-hybridized carbons (Fsp3) is 0.600. The van der Waals surface area contributed by atoms with Gasteiger partial charge in [0, 0.05) is 30.4 Å². The van der Waals surface area contributed by atoms with Gasteiger partial charge in [0.15, 0.2) is 5.82 Å². The highest BCUT2D eigenvalue weighted by Crippen LogP contribution is 2.30. The quantitative estimate of drug-likeness (QED) is 0.718. The van der Waals surface area contributed by atoms with E-state index < -0.39 is 5.69 Å². The minimum absolute atomic E-state index is 0.0379. The molecule has 162 valence electrons. The summed E-state index contributed by atoms with van der Waals surface area (Å²) in [6, 6.07) is 1.20. The molecule has 1 fully saturated rings. The molecule has 0 bridgehead atoms. The highest BCUT2D eigenvalue weighted by molar-refractivity contribution is 5.78. The third kappa shape index (κ3) is 4.92. The Balaban J connectivity index is 1.81. The van der Waals surface area contributed by atoms with E-state index in [0.717, 1.165) is 0 Å². The Bertz CT molecular complexity index is 995. The Kier molecular flexibility index (Phi) is 6.33. The van der Waals surface area contributed by atoms with E-state index in [-0.39, 0.29) is 36.4 Å². The number of aromatic amines is 1. The fourth-order valence-corrected chi connectivity index (χ4v) is 3.82. The summed E-state index contributed by atoms with van der Waals surface area (Å²) in [5.41, 5.74) is 0.837. The molecule has 1 aliphatic rings. The number of hydrogen-bond donors (Lipinski definition) is 2. The van der Waals surface area contributed by atoms with Gasteiger partial charge in [-0.2, -0.15) is 10.1 Å². The molecule has 2 aromatic rings. The van der Waals surface area contributed by atoms with E-state index in [1.165, 1.54) is 4.57 Å². The number of aromatic nitrogens is 5. The Morgan fingerprint density at radius 3 is 2.60 bits per heavy atom. The summed E-state index contributed by atoms with van der Waals surface area (Å²) >= 11 is 0. The first-order valence-corrected chi connectivity index (χ1v) is 10.2. The maximum atomic E-state index is 13.2. The zero-order chi connectivity index (χ0) is 22.0. The molecule has 0 aromatic carbocycles. The van der Waals surface area contributed by atoms with Crippen molar-refractivity contribution in [1.29, 1.82) is 0 Å². The van der Waals surface area contributed by atoms with Gasteiger partial charge in [-0.05, 0) is 39.2 Å². The predicted molar refractivity (Wildman–Crippen MR) is 110 cm³/mol. The summed E-state index contributed by atoms with van der Waals surface area (Å²) in [5, 5.41) is 10.0. The Labute approximate surface area is 175 Å². The lowest BCUT2D eigenvalue weighted by Crippen LogP contribution is -2.41. The van der Waals surface area contributed by atoms with Crippen LogP contribution in [0.4, 0.5) is 0 Å². The molecule has 0 aliphatic carbocycles. The largest absolute Gasteiger partial charge is 0.351 e. The van der Waals surface area contributed by atoms with Gasteiger partial charge in [-0.25, -0.2) is 9.78 Å². The molecule has 3 rings (SSSR count). The molecule has 2 amide bonds. The van der Waals surface area contributed by atoms with Gasteiger partial charge in [0.2, 0.25) is 11.8 Å². The lowest BCUT2D eigenvalue weighted by Gasteiger charge is -2.23. The molecule has 2 aromatic heterocycles. The Morgan fingerprint density at radius 1 is 1.27 bits per heavy atom. The van der Waals surface area contributed by atoms with Crippen molar-refractivity contribution in [3.63, 3.8) is 0 Å². The van der Waals surface area contributed by atoms with Crippen LogP contribution in [0.15, 0.2) is 10.9 Å². The van der Waals surface area contributed by atoms with Gasteiger partial charge in [0.05, 0.1) is 6.04 Å². The monoisotopic (exact) mass is 415 g/mol. The Morgan fingerprint density at radius 2 is 2.00 bits per heavy atom. The van der Waals surface area contributed by atoms with Gasteiger partial charge < -0.3 is 10.2 Å². The summed E-state index contributed by atoms with van der Waals surface area (Å²) in [6.07, 6.45) is 0.950. The van der Waals surface area contributed by atoms with Gasteiger partial charge >= 0.3 is 5.69 Å². The van der Waals surface area contributed by atoms with E-state index in [1.807, 2.05) is 13.8 Å². The van der Waals surface area contributed by atoms with Crippen molar-refractivity contribution in [1.82, 2.24) is 34.9 Å². The molecule has 30 heavy (non-hydrogen) atoms. The second kappa shape index (κ2) is 8.76. The maximum Gasteiger partial charge on any atom is 0.348 e. The van der Waals surface area contributed by atoms with Crippen LogP contribution < -0.4 is 11.0 Å². The first kappa shape index (κ1) is 21.7. The van der Waals surface area contributed by atoms with Crippen LogP contribution in [0.25, 0.3) is 0 Å². The van der Waals surface area contributed by atoms with Crippen LogP contribution in [0.5, 0.6) is 0 Å². The number of nitrogens with one attached hydrogen (secondary N) is 2. The zero-order valence-electron chi connectivity index (χ0n) is 18.1. The number of aryl methyl sites for hydroxylation is 3. The molecular formula is C20H29N7O3. The van der Waals surface area contributed by atoms with Gasteiger partial charge in [-0.3, -0.25) is 19.3 Å². The van der Waals surface area contributed by atoms with Crippen LogP contribution in [0.2, 0.25) is 0 Å². The van der Waals surface area contributed by atoms with E-state index in [0.29, 0.717) is 42.4 Å². The molecule has 0 saturated carbocycles. The van der Waals surface area contributed by atoms with Crippen LogP contribution in [0.1, 0.15) is 55.8 Å². The SMILES string of the molecule is Cc1cc(C)n(CC(=O)N2C[C@@H](NC(=O)CC(C)C)C[C@H]2c2n[nH]c(C)n2)c(=O)n1. The van der Waals surface area contributed by atoms with Gasteiger partial charge in [0.1, 0.15) is 12.4 Å². The number of carbonyl (C=O) groups excluding carboxylic acids is 2. The van der Waals surface area contributed by atoms with Gasteiger partial charge in [-0.15, -0.1) is 0 Å². The summed E-state index contributed by atoms with van der Waals surface area (Å²) in [6.45, 7) is 9.50. The minimum Gasteiger partial charge on any atom is -0.351 e. The molecular weight excluding hydrogens is 386 g/mol. The smallest absolute Gasteiger partial charge is 0.348 e. The van der Waals surface area contributed by atoms with Gasteiger partial charge in [0.25, 0.3) is 0 Å². The highest BCUT2D eigenvalue weighted by Gasteiger charge is 2.39. The second-order valence-electron chi connectivity index (χ2n) is 8.35. The number of hydrogen-bond acceptors (Lipinski definition) is 6. The van der Waals surface area contributed by atoms with E-state index in [4.69, 9.17) is 0 Å². The minimum atomic E-state index is -0.452. The molecule has 0 unspecified atom stereocenters. The number of amides is 2. The van der Waals surface area contributed by atoms with Crippen molar-refractivity contribution >= 4 is 11.8 Å². The summed E-state index contributed by atoms with van der Waals surface area (Å²) in [7, 11) is 0. The normalized spacial score (nSPS) is 18.8. The van der Waals surface area contributed by atoms with Crippen molar-refractivity contribution in [2.24, 2.45) is 5.92 Å². The molecule has 1 aliphatic heterocycles. The standard InChI is InChI=1S/C20H29N7O3/c1-11(2)6-17(28)23-15-8-16(19-22-14(5)24-25-19)27(9-15)18(29)10-26-13(4)7-12(3)21-20(26)30/h7,11,15-16H,6,8-10H2,1-5H3,(H,23,28)(H,22,24,25)/t15-,16-/m0/s1. The van der Waals surface area contributed by atoms with E-state index in [2.05, 4.69) is 25.5 Å². The second-order valence-corrected chi connectivity index (χ2v) is 8.35. The molecule has 10 heteroatoms. The van der Waals surface area contributed by atoms with Crippen molar-refractivity contribution in [2.75, 3.05) is 6.54 Å². The number of nitrogens with zero attached hydrogens (tertiary/aromatic N) is 5. The van der Waals surface area contributed by atoms with Crippen LogP contribution in [0.3, 0.4) is 0 Å². The van der Waals surface area contributed by atoms with E-state index in [1.54, 1.807) is 31.7 Å². The molecule has 0 spiro atoms. The highest BCUT2D eigenvalue weighted by atomic mass is 16.2. The number of H-pyrrole nitrogens is 1. The molecule has 0 radical (unpaired) electrons. The van der Waals surface area contributed by atoms with Gasteiger partial charge in [-0.1, -0.05) is 13.8 Å². The zero-order valence-corrected chi connectivity index (χ0v) is 18.1. The van der Waals surface area contributed by atoms with Crippen LogP contribution in [-0.4, -0.2) is 54.0 Å². The van der Waals surface area contributed by atoms with E-state index >= 15 is 0 Å².